The third kappa shape index (κ3) is 10.9. The maximum absolute atomic E-state index is 16.6. The fraction of sp³-hybridized carbons (Fsp3) is 0.429. The molecule has 8 rings (SSSR count). The van der Waals surface area contributed by atoms with Crippen LogP contribution in [0.25, 0.3) is 0 Å². The van der Waals surface area contributed by atoms with E-state index in [2.05, 4.69) is 20.9 Å². The number of nitrogens with zero attached hydrogens (tertiary/aromatic N) is 1. The summed E-state index contributed by atoms with van der Waals surface area (Å²) in [5.41, 5.74) is 1.18. The minimum Gasteiger partial charge on any atom is -0.493 e. The first-order chi connectivity index (χ1) is 31.4. The topological polar surface area (TPSA) is 140 Å². The van der Waals surface area contributed by atoms with E-state index in [0.717, 1.165) is 73.6 Å². The number of amides is 2. The van der Waals surface area contributed by atoms with Gasteiger partial charge in [0.25, 0.3) is 0 Å². The van der Waals surface area contributed by atoms with E-state index in [9.17, 15) is 23.8 Å². The average molecular weight is 931 g/mol. The second-order valence-electron chi connectivity index (χ2n) is 17.2. The van der Waals surface area contributed by atoms with Crippen molar-refractivity contribution in [1.29, 1.82) is 10.8 Å². The highest BCUT2D eigenvalue weighted by atomic mass is 32.2. The van der Waals surface area contributed by atoms with E-state index < -0.39 is 33.0 Å². The number of likely N-dealkylation sites (tertiary alicyclic amines) is 1. The quantitative estimate of drug-likeness (QED) is 0.0365. The second-order valence-corrected chi connectivity index (χ2v) is 19.8. The standard InChI is InChI=1S/C49H54F4N6O4S2/c50-32-14-16-40(52)36(28-32)46(54)64-48(20-26-62-41-11-3-1-9-38(41)48)57-43(60)13-7-23-59-24-18-31(19-25-59)35-29-33(51)30-37(45(35)53)47(55)65-49(21-27-63-42-12-4-2-10-39(42)49)58-44(61)17-15-34-8-5-6-22-56-34/h1-4,9-12,14,16,28-31,34,54-56H,5-8,13,15,17-27H2,(H,57,60)(H,58,61). The highest BCUT2D eigenvalue weighted by Gasteiger charge is 2.43. The van der Waals surface area contributed by atoms with Gasteiger partial charge in [0.1, 0.15) is 44.5 Å². The van der Waals surface area contributed by atoms with Gasteiger partial charge in [-0.2, -0.15) is 0 Å². The number of carbonyl (C=O) groups excluding carboxylic acids is 2. The van der Waals surface area contributed by atoms with Gasteiger partial charge in [0.15, 0.2) is 0 Å². The fourth-order valence-corrected chi connectivity index (χ4v) is 11.9. The summed E-state index contributed by atoms with van der Waals surface area (Å²) in [6.07, 6.45) is 6.61. The molecule has 16 heteroatoms. The minimum atomic E-state index is -1.15. The number of para-hydroxylation sites is 2. The number of nitrogens with one attached hydrogen (secondary N) is 5. The molecule has 4 aliphatic rings. The Morgan fingerprint density at radius 1 is 0.738 bits per heavy atom. The van der Waals surface area contributed by atoms with Crippen LogP contribution in [0.2, 0.25) is 0 Å². The number of fused-ring (bicyclic) bond motifs is 2. The van der Waals surface area contributed by atoms with E-state index in [1.165, 1.54) is 6.07 Å². The molecule has 0 aromatic heterocycles. The first-order valence-corrected chi connectivity index (χ1v) is 24.1. The molecule has 4 aromatic carbocycles. The van der Waals surface area contributed by atoms with Gasteiger partial charge in [0, 0.05) is 54.0 Å². The van der Waals surface area contributed by atoms with E-state index in [-0.39, 0.29) is 70.2 Å². The molecule has 4 aliphatic heterocycles. The Bertz CT molecular complexity index is 2410. The third-order valence-corrected chi connectivity index (χ3v) is 15.4. The number of hydrogen-bond donors (Lipinski definition) is 5. The van der Waals surface area contributed by atoms with Gasteiger partial charge >= 0.3 is 0 Å². The van der Waals surface area contributed by atoms with Crippen molar-refractivity contribution >= 4 is 45.4 Å². The monoisotopic (exact) mass is 930 g/mol. The van der Waals surface area contributed by atoms with Gasteiger partial charge in [-0.15, -0.1) is 0 Å². The summed E-state index contributed by atoms with van der Waals surface area (Å²) < 4.78 is 72.7. The molecule has 2 saturated heterocycles. The van der Waals surface area contributed by atoms with Crippen LogP contribution in [-0.4, -0.2) is 72.2 Å². The highest BCUT2D eigenvalue weighted by molar-refractivity contribution is 8.15. The van der Waals surface area contributed by atoms with E-state index in [0.29, 0.717) is 87.2 Å². The van der Waals surface area contributed by atoms with Gasteiger partial charge in [-0.3, -0.25) is 20.4 Å². The minimum absolute atomic E-state index is 0.151. The molecule has 4 heterocycles. The lowest BCUT2D eigenvalue weighted by Crippen LogP contribution is -2.47. The van der Waals surface area contributed by atoms with Gasteiger partial charge in [0.05, 0.1) is 23.3 Å². The number of hydrogen-bond acceptors (Lipinski definition) is 10. The van der Waals surface area contributed by atoms with Crippen LogP contribution in [0.4, 0.5) is 17.6 Å². The van der Waals surface area contributed by atoms with Crippen LogP contribution in [0.15, 0.2) is 78.9 Å². The van der Waals surface area contributed by atoms with Crippen LogP contribution >= 0.6 is 23.5 Å². The van der Waals surface area contributed by atoms with Crippen molar-refractivity contribution in [3.05, 3.63) is 130 Å². The summed E-state index contributed by atoms with van der Waals surface area (Å²) >= 11 is 1.97. The maximum Gasteiger partial charge on any atom is 0.221 e. The zero-order valence-corrected chi connectivity index (χ0v) is 37.7. The molecule has 0 spiro atoms. The first-order valence-electron chi connectivity index (χ1n) is 22.4. The molecule has 4 aromatic rings. The predicted molar refractivity (Wildman–Crippen MR) is 247 cm³/mol. The molecule has 0 saturated carbocycles. The number of benzene rings is 4. The molecule has 65 heavy (non-hydrogen) atoms. The van der Waals surface area contributed by atoms with Crippen molar-refractivity contribution in [3.8, 4) is 11.5 Å². The molecule has 2 fully saturated rings. The number of rotatable bonds is 14. The molecule has 0 aliphatic carbocycles. The Balaban J connectivity index is 0.890. The molecule has 0 bridgehead atoms. The smallest absolute Gasteiger partial charge is 0.221 e. The number of carbonyl (C=O) groups is 2. The van der Waals surface area contributed by atoms with Crippen molar-refractivity contribution in [2.45, 2.75) is 92.3 Å². The molecule has 3 atom stereocenters. The van der Waals surface area contributed by atoms with Crippen molar-refractivity contribution in [2.75, 3.05) is 39.4 Å². The van der Waals surface area contributed by atoms with Crippen molar-refractivity contribution in [3.63, 3.8) is 0 Å². The molecular formula is C49H54F4N6O4S2. The number of halogens is 4. The maximum atomic E-state index is 16.6. The zero-order valence-electron chi connectivity index (χ0n) is 36.1. The van der Waals surface area contributed by atoms with E-state index >= 15 is 8.78 Å². The van der Waals surface area contributed by atoms with E-state index in [1.807, 2.05) is 24.3 Å². The molecule has 0 radical (unpaired) electrons. The molecule has 344 valence electrons. The van der Waals surface area contributed by atoms with Crippen molar-refractivity contribution < 1.29 is 36.6 Å². The van der Waals surface area contributed by atoms with Crippen molar-refractivity contribution in [2.24, 2.45) is 0 Å². The van der Waals surface area contributed by atoms with E-state index in [1.54, 1.807) is 24.3 Å². The van der Waals surface area contributed by atoms with Gasteiger partial charge in [-0.05, 0) is 119 Å². The Labute approximate surface area is 385 Å². The van der Waals surface area contributed by atoms with Crippen LogP contribution < -0.4 is 25.4 Å². The Hall–Kier alpha value is -4.90. The lowest BCUT2D eigenvalue weighted by Gasteiger charge is -2.39. The molecule has 2 amide bonds. The molecule has 3 unspecified atom stereocenters. The largest absolute Gasteiger partial charge is 0.493 e. The highest BCUT2D eigenvalue weighted by Crippen LogP contribution is 2.48. The summed E-state index contributed by atoms with van der Waals surface area (Å²) in [6.45, 7) is 3.22. The van der Waals surface area contributed by atoms with Crippen LogP contribution in [-0.2, 0) is 19.3 Å². The summed E-state index contributed by atoms with van der Waals surface area (Å²) in [7, 11) is 0. The summed E-state index contributed by atoms with van der Waals surface area (Å²) in [5.74, 6) is -2.32. The zero-order chi connectivity index (χ0) is 45.6. The van der Waals surface area contributed by atoms with Crippen LogP contribution in [0, 0.1) is 34.1 Å². The van der Waals surface area contributed by atoms with Crippen LogP contribution in [0.1, 0.15) is 104 Å². The number of thioether (sulfide) groups is 2. The third-order valence-electron chi connectivity index (χ3n) is 12.8. The Morgan fingerprint density at radius 3 is 1.97 bits per heavy atom. The molecule has 5 N–H and O–H groups in total. The fourth-order valence-electron chi connectivity index (χ4n) is 9.44. The molecule has 10 nitrogen and oxygen atoms in total. The summed E-state index contributed by atoms with van der Waals surface area (Å²) in [4.78, 5) is 27.1. The number of piperidine rings is 2. The summed E-state index contributed by atoms with van der Waals surface area (Å²) in [5, 5.41) is 27.4. The second kappa shape index (κ2) is 20.7. The van der Waals surface area contributed by atoms with E-state index in [4.69, 9.17) is 14.9 Å². The predicted octanol–water partition coefficient (Wildman–Crippen LogP) is 9.45. The first kappa shape index (κ1) is 46.6. The van der Waals surface area contributed by atoms with Gasteiger partial charge < -0.3 is 30.3 Å². The van der Waals surface area contributed by atoms with Gasteiger partial charge in [-0.1, -0.05) is 66.3 Å². The average Bonchev–Trinajstić information content (AvgIpc) is 3.30. The van der Waals surface area contributed by atoms with Gasteiger partial charge in [-0.25, -0.2) is 17.6 Å². The Kier molecular flexibility index (Phi) is 14.9. The SMILES string of the molecule is N=C(SC1(NC(=O)CCCN2CCC(c3cc(F)cc(C(=N)SC4(NC(=O)CCC5CCCCN5)CCOc5ccccc54)c3F)CC2)CCOc2ccccc21)c1cc(F)ccc1F. The Morgan fingerprint density at radius 2 is 1.34 bits per heavy atom. The molecular weight excluding hydrogens is 877 g/mol. The lowest BCUT2D eigenvalue weighted by molar-refractivity contribution is -0.123. The van der Waals surface area contributed by atoms with Crippen LogP contribution in [0.5, 0.6) is 11.5 Å². The number of ether oxygens (including phenoxy) is 2. The van der Waals surface area contributed by atoms with Crippen LogP contribution in [0.3, 0.4) is 0 Å². The lowest BCUT2D eigenvalue weighted by atomic mass is 9.88. The summed E-state index contributed by atoms with van der Waals surface area (Å²) in [6, 6.07) is 20.0. The van der Waals surface area contributed by atoms with Crippen molar-refractivity contribution in [1.82, 2.24) is 20.9 Å². The van der Waals surface area contributed by atoms with Gasteiger partial charge in [0.2, 0.25) is 11.8 Å². The normalized spacial score (nSPS) is 22.1.